The van der Waals surface area contributed by atoms with E-state index < -0.39 is 17.8 Å². The van der Waals surface area contributed by atoms with E-state index in [0.717, 1.165) is 6.08 Å². The van der Waals surface area contributed by atoms with Crippen LogP contribution in [0.15, 0.2) is 11.6 Å². The molecule has 1 aliphatic heterocycles. The van der Waals surface area contributed by atoms with Gasteiger partial charge >= 0.3 is 6.03 Å². The minimum atomic E-state index is -0.696. The summed E-state index contributed by atoms with van der Waals surface area (Å²) in [6.07, 6.45) is 1.14. The fraction of sp³-hybridized carbons (Fsp3) is 0.286. The molecule has 0 saturated carbocycles. The van der Waals surface area contributed by atoms with Crippen molar-refractivity contribution in [3.63, 3.8) is 0 Å². The fourth-order valence-electron chi connectivity index (χ4n) is 0.892. The molecule has 0 aromatic carbocycles. The van der Waals surface area contributed by atoms with E-state index in [1.54, 1.807) is 0 Å². The van der Waals surface area contributed by atoms with Gasteiger partial charge in [0.2, 0.25) is 0 Å². The van der Waals surface area contributed by atoms with Crippen molar-refractivity contribution in [1.82, 2.24) is 10.2 Å². The Morgan fingerprint density at radius 1 is 1.50 bits per heavy atom. The second-order valence-corrected chi connectivity index (χ2v) is 2.36. The molecule has 1 heterocycles. The maximum absolute atomic E-state index is 11.1. The number of amides is 4. The number of rotatable bonds is 0. The summed E-state index contributed by atoms with van der Waals surface area (Å²) in [5, 5.41) is 2.20. The molecule has 0 unspecified atom stereocenters. The minimum Gasteiger partial charge on any atom is -0.340 e. The maximum atomic E-state index is 11.1. The minimum absolute atomic E-state index is 0.281. The van der Waals surface area contributed by atoms with Crippen LogP contribution < -0.4 is 5.32 Å². The first-order valence-electron chi connectivity index (χ1n) is 3.36. The molecule has 1 N–H and O–H groups in total. The average Bonchev–Trinajstić information content (AvgIpc) is 2.26. The topological polar surface area (TPSA) is 66.5 Å². The van der Waals surface area contributed by atoms with Crippen LogP contribution in [0, 0.1) is 0 Å². The third-order valence-electron chi connectivity index (χ3n) is 1.52. The highest BCUT2D eigenvalue weighted by Crippen LogP contribution is 2.11. The van der Waals surface area contributed by atoms with E-state index in [-0.39, 0.29) is 5.57 Å². The monoisotopic (exact) mass is 168 g/mol. The normalized spacial score (nSPS) is 16.5. The van der Waals surface area contributed by atoms with Crippen LogP contribution in [0.4, 0.5) is 4.79 Å². The zero-order valence-electron chi connectivity index (χ0n) is 6.75. The van der Waals surface area contributed by atoms with Gasteiger partial charge in [0, 0.05) is 18.7 Å². The van der Waals surface area contributed by atoms with Crippen molar-refractivity contribution in [3.05, 3.63) is 11.6 Å². The molecule has 0 aliphatic carbocycles. The molecule has 1 rings (SSSR count). The largest absolute Gasteiger partial charge is 0.340 e. The first kappa shape index (κ1) is 8.45. The van der Waals surface area contributed by atoms with Crippen LogP contribution in [0.1, 0.15) is 6.92 Å². The van der Waals surface area contributed by atoms with Gasteiger partial charge in [-0.1, -0.05) is 0 Å². The van der Waals surface area contributed by atoms with Crippen molar-refractivity contribution in [2.75, 3.05) is 7.05 Å². The molecule has 0 spiro atoms. The van der Waals surface area contributed by atoms with Gasteiger partial charge in [-0.25, -0.2) is 4.79 Å². The Bertz CT molecular complexity index is 293. The summed E-state index contributed by atoms with van der Waals surface area (Å²) < 4.78 is 0. The average molecular weight is 168 g/mol. The first-order chi connectivity index (χ1) is 5.57. The number of hydrogen-bond donors (Lipinski definition) is 1. The Kier molecular flexibility index (Phi) is 1.95. The predicted octanol–water partition coefficient (Wildman–Crippen LogP) is -0.359. The van der Waals surface area contributed by atoms with Gasteiger partial charge in [-0.2, -0.15) is 4.90 Å². The maximum Gasteiger partial charge on any atom is 0.331 e. The Labute approximate surface area is 69.0 Å². The summed E-state index contributed by atoms with van der Waals surface area (Å²) in [5.74, 6) is -1.14. The first-order valence-corrected chi connectivity index (χ1v) is 3.36. The van der Waals surface area contributed by atoms with Crippen molar-refractivity contribution in [2.45, 2.75) is 6.92 Å². The highest BCUT2D eigenvalue weighted by Gasteiger charge is 2.33. The lowest BCUT2D eigenvalue weighted by atomic mass is 10.3. The van der Waals surface area contributed by atoms with Crippen LogP contribution in [-0.4, -0.2) is 29.8 Å². The lowest BCUT2D eigenvalue weighted by Crippen LogP contribution is -2.42. The van der Waals surface area contributed by atoms with Crippen LogP contribution in [-0.2, 0) is 9.59 Å². The zero-order valence-corrected chi connectivity index (χ0v) is 6.75. The second kappa shape index (κ2) is 2.77. The quantitative estimate of drug-likeness (QED) is 0.502. The highest BCUT2D eigenvalue weighted by molar-refractivity contribution is 6.24. The van der Waals surface area contributed by atoms with Crippen LogP contribution in [0.3, 0.4) is 0 Å². The third-order valence-corrected chi connectivity index (χ3v) is 1.52. The van der Waals surface area contributed by atoms with Crippen LogP contribution in [0.25, 0.3) is 0 Å². The van der Waals surface area contributed by atoms with Crippen molar-refractivity contribution in [1.29, 1.82) is 0 Å². The molecule has 1 aliphatic rings. The molecule has 0 aromatic heterocycles. The van der Waals surface area contributed by atoms with Crippen LogP contribution in [0.5, 0.6) is 0 Å². The van der Waals surface area contributed by atoms with Gasteiger partial charge < -0.3 is 5.32 Å². The molecule has 12 heavy (non-hydrogen) atoms. The zero-order chi connectivity index (χ0) is 9.30. The number of imide groups is 3. The third kappa shape index (κ3) is 1.09. The van der Waals surface area contributed by atoms with E-state index >= 15 is 0 Å². The Morgan fingerprint density at radius 3 is 2.42 bits per heavy atom. The van der Waals surface area contributed by atoms with Gasteiger partial charge in [0.15, 0.2) is 0 Å². The van der Waals surface area contributed by atoms with Crippen molar-refractivity contribution < 1.29 is 14.4 Å². The smallest absolute Gasteiger partial charge is 0.331 e. The molecule has 64 valence electrons. The van der Waals surface area contributed by atoms with E-state index in [4.69, 9.17) is 0 Å². The molecule has 0 aromatic rings. The van der Waals surface area contributed by atoms with Gasteiger partial charge in [0.25, 0.3) is 11.8 Å². The molecule has 0 radical (unpaired) electrons. The SMILES string of the molecule is CNC(=O)N1C(=O)C=C(C)C1=O. The number of nitrogens with one attached hydrogen (secondary N) is 1. The van der Waals surface area contributed by atoms with Gasteiger partial charge in [-0.15, -0.1) is 0 Å². The molecular weight excluding hydrogens is 160 g/mol. The molecule has 0 fully saturated rings. The van der Waals surface area contributed by atoms with Gasteiger partial charge in [-0.3, -0.25) is 9.59 Å². The van der Waals surface area contributed by atoms with Crippen LogP contribution in [0.2, 0.25) is 0 Å². The molecule has 0 bridgehead atoms. The lowest BCUT2D eigenvalue weighted by molar-refractivity contribution is -0.133. The predicted molar refractivity (Wildman–Crippen MR) is 40.1 cm³/mol. The molecular formula is C7H8N2O3. The number of carbonyl (C=O) groups is 3. The van der Waals surface area contributed by atoms with Gasteiger partial charge in [0.05, 0.1) is 0 Å². The van der Waals surface area contributed by atoms with Crippen molar-refractivity contribution in [3.8, 4) is 0 Å². The molecule has 4 amide bonds. The van der Waals surface area contributed by atoms with Crippen molar-refractivity contribution in [2.24, 2.45) is 0 Å². The number of hydrogen-bond acceptors (Lipinski definition) is 3. The lowest BCUT2D eigenvalue weighted by Gasteiger charge is -2.10. The summed E-state index contributed by atoms with van der Waals surface area (Å²) >= 11 is 0. The summed E-state index contributed by atoms with van der Waals surface area (Å²) in [7, 11) is 1.36. The summed E-state index contributed by atoms with van der Waals surface area (Å²) in [4.78, 5) is 33.5. The highest BCUT2D eigenvalue weighted by atomic mass is 16.2. The number of nitrogens with zero attached hydrogens (tertiary/aromatic N) is 1. The molecule has 5 nitrogen and oxygen atoms in total. The Morgan fingerprint density at radius 2 is 2.08 bits per heavy atom. The molecule has 0 saturated heterocycles. The van der Waals surface area contributed by atoms with Crippen molar-refractivity contribution >= 4 is 17.8 Å². The van der Waals surface area contributed by atoms with Gasteiger partial charge in [-0.05, 0) is 6.92 Å². The van der Waals surface area contributed by atoms with E-state index in [9.17, 15) is 14.4 Å². The van der Waals surface area contributed by atoms with Crippen LogP contribution >= 0.6 is 0 Å². The van der Waals surface area contributed by atoms with E-state index in [1.165, 1.54) is 14.0 Å². The Hall–Kier alpha value is -1.65. The van der Waals surface area contributed by atoms with E-state index in [0.29, 0.717) is 4.90 Å². The molecule has 5 heteroatoms. The molecule has 0 atom stereocenters. The van der Waals surface area contributed by atoms with Gasteiger partial charge in [0.1, 0.15) is 0 Å². The summed E-state index contributed by atoms with van der Waals surface area (Å²) in [5.41, 5.74) is 0.281. The standard InChI is InChI=1S/C7H8N2O3/c1-4-3-5(10)9(6(4)11)7(12)8-2/h3H,1-2H3,(H,8,12). The van der Waals surface area contributed by atoms with E-state index in [2.05, 4.69) is 5.32 Å². The summed E-state index contributed by atoms with van der Waals surface area (Å²) in [6, 6.07) is -0.696. The Balaban J connectivity index is 2.91. The number of urea groups is 1. The fourth-order valence-corrected chi connectivity index (χ4v) is 0.892. The summed E-state index contributed by atoms with van der Waals surface area (Å²) in [6.45, 7) is 1.49. The van der Waals surface area contributed by atoms with E-state index in [1.807, 2.05) is 0 Å². The number of carbonyl (C=O) groups excluding carboxylic acids is 3. The second-order valence-electron chi connectivity index (χ2n) is 2.36.